The van der Waals surface area contributed by atoms with Gasteiger partial charge in [-0.05, 0) is 25.0 Å². The monoisotopic (exact) mass is 372 g/mol. The van der Waals surface area contributed by atoms with E-state index in [2.05, 4.69) is 5.32 Å². The highest BCUT2D eigenvalue weighted by Gasteiger charge is 2.21. The fraction of sp³-hybridized carbons (Fsp3) is 0.300. The van der Waals surface area contributed by atoms with Gasteiger partial charge in [0.1, 0.15) is 12.7 Å². The minimum atomic E-state index is -1.23. The zero-order chi connectivity index (χ0) is 19.8. The normalized spacial score (nSPS) is 12.9. The number of nitrogens with one attached hydrogen (secondary N) is 1. The standard InChI is InChI=1S/C20H24N2O5/c1-13(23)15-7-8-16(17(21)11-15)19(25)18(24)9-10-22-20(26)27-12-14-5-3-2-4-6-14/h2-8,11,18-19,24-25H,9-10,12,21H2,1H3,(H,22,26). The van der Waals surface area contributed by atoms with E-state index in [4.69, 9.17) is 10.5 Å². The number of carbonyl (C=O) groups excluding carboxylic acids is 2. The molecule has 7 nitrogen and oxygen atoms in total. The largest absolute Gasteiger partial charge is 0.445 e. The number of amides is 1. The average Bonchev–Trinajstić information content (AvgIpc) is 2.66. The SMILES string of the molecule is CC(=O)c1ccc(C(O)C(O)CCNC(=O)OCc2ccccc2)c(N)c1. The summed E-state index contributed by atoms with van der Waals surface area (Å²) in [5.41, 5.74) is 7.71. The maximum Gasteiger partial charge on any atom is 0.407 e. The van der Waals surface area contributed by atoms with Crippen LogP contribution in [0.1, 0.15) is 40.9 Å². The van der Waals surface area contributed by atoms with E-state index < -0.39 is 18.3 Å². The van der Waals surface area contributed by atoms with Crippen LogP contribution >= 0.6 is 0 Å². The van der Waals surface area contributed by atoms with Crippen LogP contribution in [0, 0.1) is 0 Å². The summed E-state index contributed by atoms with van der Waals surface area (Å²) in [6, 6.07) is 13.8. The number of ether oxygens (including phenoxy) is 1. The van der Waals surface area contributed by atoms with Crippen LogP contribution in [0.15, 0.2) is 48.5 Å². The number of hydrogen-bond acceptors (Lipinski definition) is 6. The van der Waals surface area contributed by atoms with Crippen molar-refractivity contribution in [2.24, 2.45) is 0 Å². The Labute approximate surface area is 157 Å². The number of benzene rings is 2. The van der Waals surface area contributed by atoms with E-state index in [0.29, 0.717) is 11.1 Å². The molecule has 2 unspecified atom stereocenters. The summed E-state index contributed by atoms with van der Waals surface area (Å²) in [4.78, 5) is 23.0. The molecule has 2 rings (SSSR count). The van der Waals surface area contributed by atoms with Crippen LogP contribution in [0.4, 0.5) is 10.5 Å². The molecule has 0 bridgehead atoms. The number of aliphatic hydroxyl groups is 2. The zero-order valence-corrected chi connectivity index (χ0v) is 15.1. The highest BCUT2D eigenvalue weighted by atomic mass is 16.5. The van der Waals surface area contributed by atoms with E-state index in [1.807, 2.05) is 30.3 Å². The van der Waals surface area contributed by atoms with Crippen molar-refractivity contribution >= 4 is 17.6 Å². The molecule has 0 aliphatic carbocycles. The quantitative estimate of drug-likeness (QED) is 0.416. The van der Waals surface area contributed by atoms with Crippen LogP contribution < -0.4 is 11.1 Å². The van der Waals surface area contributed by atoms with Crippen LogP contribution in [-0.4, -0.2) is 34.7 Å². The topological polar surface area (TPSA) is 122 Å². The van der Waals surface area contributed by atoms with Gasteiger partial charge in [0.2, 0.25) is 0 Å². The lowest BCUT2D eigenvalue weighted by Crippen LogP contribution is -2.30. The van der Waals surface area contributed by atoms with Gasteiger partial charge in [0, 0.05) is 23.4 Å². The van der Waals surface area contributed by atoms with Crippen LogP contribution in [0.3, 0.4) is 0 Å². The summed E-state index contributed by atoms with van der Waals surface area (Å²) in [5, 5.41) is 22.9. The van der Waals surface area contributed by atoms with E-state index >= 15 is 0 Å². The molecule has 7 heteroatoms. The molecule has 0 saturated heterocycles. The Hall–Kier alpha value is -2.90. The van der Waals surface area contributed by atoms with Gasteiger partial charge in [-0.2, -0.15) is 0 Å². The van der Waals surface area contributed by atoms with Gasteiger partial charge in [-0.1, -0.05) is 42.5 Å². The van der Waals surface area contributed by atoms with Gasteiger partial charge in [0.05, 0.1) is 6.10 Å². The number of carbonyl (C=O) groups is 2. The maximum absolute atomic E-state index is 11.7. The Morgan fingerprint density at radius 1 is 1.15 bits per heavy atom. The van der Waals surface area contributed by atoms with E-state index in [1.165, 1.54) is 19.1 Å². The van der Waals surface area contributed by atoms with Gasteiger partial charge >= 0.3 is 6.09 Å². The summed E-state index contributed by atoms with van der Waals surface area (Å²) < 4.78 is 5.06. The molecule has 0 aliphatic heterocycles. The van der Waals surface area contributed by atoms with Gasteiger partial charge in [0.15, 0.2) is 5.78 Å². The predicted molar refractivity (Wildman–Crippen MR) is 101 cm³/mol. The van der Waals surface area contributed by atoms with Crippen molar-refractivity contribution in [2.75, 3.05) is 12.3 Å². The Balaban J connectivity index is 1.78. The molecule has 0 aliphatic rings. The Kier molecular flexibility index (Phi) is 7.34. The smallest absolute Gasteiger partial charge is 0.407 e. The van der Waals surface area contributed by atoms with E-state index in [1.54, 1.807) is 6.07 Å². The van der Waals surface area contributed by atoms with Crippen LogP contribution in [0.25, 0.3) is 0 Å². The first-order valence-electron chi connectivity index (χ1n) is 8.59. The number of nitrogen functional groups attached to an aromatic ring is 1. The number of nitrogens with two attached hydrogens (primary N) is 1. The van der Waals surface area contributed by atoms with Crippen LogP contribution in [0.5, 0.6) is 0 Å². The highest BCUT2D eigenvalue weighted by Crippen LogP contribution is 2.25. The number of Topliss-reactive ketones (excluding diaryl/α,β-unsaturated/α-hetero) is 1. The summed E-state index contributed by atoms with van der Waals surface area (Å²) >= 11 is 0. The summed E-state index contributed by atoms with van der Waals surface area (Å²) in [6.07, 6.45) is -2.86. The van der Waals surface area contributed by atoms with Gasteiger partial charge < -0.3 is 26.0 Å². The lowest BCUT2D eigenvalue weighted by molar-refractivity contribution is 0.0140. The lowest BCUT2D eigenvalue weighted by atomic mass is 9.98. The third-order valence-electron chi connectivity index (χ3n) is 4.10. The molecule has 2 atom stereocenters. The zero-order valence-electron chi connectivity index (χ0n) is 15.1. The first kappa shape index (κ1) is 20.4. The number of anilines is 1. The van der Waals surface area contributed by atoms with Crippen molar-refractivity contribution in [2.45, 2.75) is 32.2 Å². The first-order valence-corrected chi connectivity index (χ1v) is 8.59. The lowest BCUT2D eigenvalue weighted by Gasteiger charge is -2.20. The van der Waals surface area contributed by atoms with Crippen molar-refractivity contribution < 1.29 is 24.5 Å². The third-order valence-corrected chi connectivity index (χ3v) is 4.10. The number of ketones is 1. The molecule has 144 valence electrons. The predicted octanol–water partition coefficient (Wildman–Crippen LogP) is 2.18. The van der Waals surface area contributed by atoms with Gasteiger partial charge in [0.25, 0.3) is 0 Å². The van der Waals surface area contributed by atoms with Crippen LogP contribution in [-0.2, 0) is 11.3 Å². The fourth-order valence-electron chi connectivity index (χ4n) is 2.52. The third kappa shape index (κ3) is 6.09. The molecule has 0 heterocycles. The van der Waals surface area contributed by atoms with Crippen LogP contribution in [0.2, 0.25) is 0 Å². The minimum absolute atomic E-state index is 0.107. The Bertz CT molecular complexity index is 779. The second kappa shape index (κ2) is 9.70. The molecule has 0 spiro atoms. The van der Waals surface area contributed by atoms with E-state index in [0.717, 1.165) is 5.56 Å². The molecule has 0 fully saturated rings. The highest BCUT2D eigenvalue weighted by molar-refractivity contribution is 5.95. The second-order valence-corrected chi connectivity index (χ2v) is 6.19. The van der Waals surface area contributed by atoms with E-state index in [-0.39, 0.29) is 31.0 Å². The number of rotatable bonds is 8. The maximum atomic E-state index is 11.7. The van der Waals surface area contributed by atoms with Crippen molar-refractivity contribution in [1.82, 2.24) is 5.32 Å². The molecule has 0 aromatic heterocycles. The fourth-order valence-corrected chi connectivity index (χ4v) is 2.52. The molecule has 1 amide bonds. The minimum Gasteiger partial charge on any atom is -0.445 e. The van der Waals surface area contributed by atoms with E-state index in [9.17, 15) is 19.8 Å². The van der Waals surface area contributed by atoms with Crippen molar-refractivity contribution in [3.05, 3.63) is 65.2 Å². The molecular formula is C20H24N2O5. The van der Waals surface area contributed by atoms with Crippen molar-refractivity contribution in [1.29, 1.82) is 0 Å². The molecule has 2 aromatic carbocycles. The average molecular weight is 372 g/mol. The molecule has 27 heavy (non-hydrogen) atoms. The summed E-state index contributed by atoms with van der Waals surface area (Å²) in [7, 11) is 0. The summed E-state index contributed by atoms with van der Waals surface area (Å²) in [5.74, 6) is -0.137. The molecule has 0 radical (unpaired) electrons. The second-order valence-electron chi connectivity index (χ2n) is 6.19. The molecule has 0 saturated carbocycles. The number of alkyl carbamates (subject to hydrolysis) is 1. The van der Waals surface area contributed by atoms with Crippen molar-refractivity contribution in [3.8, 4) is 0 Å². The number of aliphatic hydroxyl groups excluding tert-OH is 2. The number of hydrogen-bond donors (Lipinski definition) is 4. The molecule has 2 aromatic rings. The molecule has 5 N–H and O–H groups in total. The van der Waals surface area contributed by atoms with Gasteiger partial charge in [-0.15, -0.1) is 0 Å². The Morgan fingerprint density at radius 3 is 2.48 bits per heavy atom. The first-order chi connectivity index (χ1) is 12.9. The van der Waals surface area contributed by atoms with Crippen molar-refractivity contribution in [3.63, 3.8) is 0 Å². The van der Waals surface area contributed by atoms with Gasteiger partial charge in [-0.25, -0.2) is 4.79 Å². The van der Waals surface area contributed by atoms with Gasteiger partial charge in [-0.3, -0.25) is 4.79 Å². The molecular weight excluding hydrogens is 348 g/mol. The Morgan fingerprint density at radius 2 is 1.85 bits per heavy atom. The summed E-state index contributed by atoms with van der Waals surface area (Å²) in [6.45, 7) is 1.69.